The van der Waals surface area contributed by atoms with Gasteiger partial charge in [-0.15, -0.1) is 0 Å². The predicted molar refractivity (Wildman–Crippen MR) is 116 cm³/mol. The monoisotopic (exact) mass is 488 g/mol. The lowest BCUT2D eigenvalue weighted by Crippen LogP contribution is -2.48. The van der Waals surface area contributed by atoms with Crippen molar-refractivity contribution < 1.29 is 31.5 Å². The highest BCUT2D eigenvalue weighted by atomic mass is 35.5. The van der Waals surface area contributed by atoms with Gasteiger partial charge in [0.2, 0.25) is 10.0 Å². The van der Waals surface area contributed by atoms with Crippen LogP contribution in [0.5, 0.6) is 5.75 Å². The second kappa shape index (κ2) is 9.70. The minimum atomic E-state index is -3.98. The summed E-state index contributed by atoms with van der Waals surface area (Å²) in [5, 5.41) is 2.58. The number of amides is 1. The van der Waals surface area contributed by atoms with Crippen LogP contribution in [0.2, 0.25) is 5.02 Å². The van der Waals surface area contributed by atoms with E-state index in [4.69, 9.17) is 16.3 Å². The Morgan fingerprint density at radius 2 is 1.88 bits per heavy atom. The minimum Gasteiger partial charge on any atom is -0.434 e. The Morgan fingerprint density at radius 3 is 2.50 bits per heavy atom. The number of hydrogen-bond acceptors (Lipinski definition) is 5. The van der Waals surface area contributed by atoms with Gasteiger partial charge in [0.05, 0.1) is 17.2 Å². The number of alkyl halides is 2. The summed E-state index contributed by atoms with van der Waals surface area (Å²) in [4.78, 5) is 12.6. The molecule has 2 unspecified atom stereocenters. The summed E-state index contributed by atoms with van der Waals surface area (Å²) in [5.41, 5.74) is 0.601. The molecule has 1 fully saturated rings. The molecule has 0 aromatic heterocycles. The minimum absolute atomic E-state index is 0.0168. The van der Waals surface area contributed by atoms with Crippen LogP contribution in [-0.4, -0.2) is 50.5 Å². The van der Waals surface area contributed by atoms with E-state index in [1.165, 1.54) is 47.6 Å². The van der Waals surface area contributed by atoms with Crippen LogP contribution in [0.15, 0.2) is 41.3 Å². The largest absolute Gasteiger partial charge is 0.434 e. The first-order chi connectivity index (χ1) is 15.0. The smallest absolute Gasteiger partial charge is 0.387 e. The average Bonchev–Trinajstić information content (AvgIpc) is 2.70. The maximum absolute atomic E-state index is 13.2. The Kier molecular flexibility index (Phi) is 7.39. The molecule has 0 aliphatic carbocycles. The zero-order chi connectivity index (χ0) is 23.6. The van der Waals surface area contributed by atoms with E-state index >= 15 is 0 Å². The number of carbonyl (C=O) groups excluding carboxylic acids is 1. The molecule has 1 aliphatic heterocycles. The molecule has 0 bridgehead atoms. The molecule has 1 aliphatic rings. The van der Waals surface area contributed by atoms with Crippen molar-refractivity contribution in [2.24, 2.45) is 0 Å². The molecule has 11 heteroatoms. The van der Waals surface area contributed by atoms with Crippen LogP contribution >= 0.6 is 11.6 Å². The van der Waals surface area contributed by atoms with E-state index in [2.05, 4.69) is 10.1 Å². The normalized spacial score (nSPS) is 19.7. The van der Waals surface area contributed by atoms with E-state index < -0.39 is 22.5 Å². The zero-order valence-corrected chi connectivity index (χ0v) is 19.2. The highest BCUT2D eigenvalue weighted by Gasteiger charge is 2.34. The molecule has 0 saturated carbocycles. The van der Waals surface area contributed by atoms with E-state index in [9.17, 15) is 22.0 Å². The molecule has 1 heterocycles. The van der Waals surface area contributed by atoms with Gasteiger partial charge in [0.15, 0.2) is 0 Å². The first kappa shape index (κ1) is 24.4. The summed E-state index contributed by atoms with van der Waals surface area (Å²) >= 11 is 6.18. The van der Waals surface area contributed by atoms with Gasteiger partial charge in [0.25, 0.3) is 5.91 Å². The van der Waals surface area contributed by atoms with Crippen LogP contribution in [0.25, 0.3) is 0 Å². The molecule has 2 aromatic rings. The lowest BCUT2D eigenvalue weighted by Gasteiger charge is -2.34. The van der Waals surface area contributed by atoms with Crippen molar-refractivity contribution in [3.05, 3.63) is 52.5 Å². The van der Waals surface area contributed by atoms with Gasteiger partial charge in [-0.25, -0.2) is 8.42 Å². The summed E-state index contributed by atoms with van der Waals surface area (Å²) in [6.45, 7) is 2.39. The Labute approximate surface area is 190 Å². The number of carbonyl (C=O) groups is 1. The fraction of sp³-hybridized carbons (Fsp3) is 0.381. The highest BCUT2D eigenvalue weighted by molar-refractivity contribution is 7.89. The number of ether oxygens (including phenoxy) is 2. The van der Waals surface area contributed by atoms with Crippen molar-refractivity contribution in [1.29, 1.82) is 0 Å². The van der Waals surface area contributed by atoms with Gasteiger partial charge in [-0.2, -0.15) is 13.1 Å². The van der Waals surface area contributed by atoms with Crippen molar-refractivity contribution in [3.8, 4) is 5.75 Å². The van der Waals surface area contributed by atoms with Crippen LogP contribution < -0.4 is 10.1 Å². The Hall–Kier alpha value is -2.27. The van der Waals surface area contributed by atoms with E-state index in [0.29, 0.717) is 5.56 Å². The fourth-order valence-corrected chi connectivity index (χ4v) is 5.57. The SMILES string of the molecule is Cc1c(NC(=O)c2ccc(Cl)c(S(=O)(=O)N3CC(C)OC(C)C3)c2)cccc1OC(F)F. The molecular formula is C21H23ClF2N2O5S. The molecule has 174 valence electrons. The molecule has 2 atom stereocenters. The Morgan fingerprint density at radius 1 is 1.22 bits per heavy atom. The third-order valence-electron chi connectivity index (χ3n) is 4.95. The van der Waals surface area contributed by atoms with Gasteiger partial charge in [0, 0.05) is 29.9 Å². The molecule has 3 rings (SSSR count). The summed E-state index contributed by atoms with van der Waals surface area (Å²) in [5.74, 6) is -0.702. The molecule has 1 N–H and O–H groups in total. The van der Waals surface area contributed by atoms with E-state index in [-0.39, 0.29) is 52.2 Å². The maximum atomic E-state index is 13.2. The highest BCUT2D eigenvalue weighted by Crippen LogP contribution is 2.30. The standard InChI is InChI=1S/C21H23ClF2N2O5S/c1-12-10-26(11-13(2)30-12)32(28,29)19-9-15(7-8-16(19)22)20(27)25-17-5-4-6-18(14(17)3)31-21(23)24/h4-9,12-13,21H,10-11H2,1-3H3,(H,25,27). The van der Waals surface area contributed by atoms with E-state index in [1.807, 2.05) is 0 Å². The molecule has 0 radical (unpaired) electrons. The van der Waals surface area contributed by atoms with E-state index in [0.717, 1.165) is 0 Å². The van der Waals surface area contributed by atoms with Gasteiger partial charge in [-0.3, -0.25) is 4.79 Å². The number of benzene rings is 2. The number of anilines is 1. The molecule has 1 amide bonds. The third kappa shape index (κ3) is 5.37. The Balaban J connectivity index is 1.88. The number of hydrogen-bond donors (Lipinski definition) is 1. The maximum Gasteiger partial charge on any atom is 0.387 e. The van der Waals surface area contributed by atoms with Crippen LogP contribution in [0.1, 0.15) is 29.8 Å². The van der Waals surface area contributed by atoms with Crippen molar-refractivity contribution in [2.75, 3.05) is 18.4 Å². The van der Waals surface area contributed by atoms with Gasteiger partial charge in [-0.1, -0.05) is 17.7 Å². The summed E-state index contributed by atoms with van der Waals surface area (Å²) in [6, 6.07) is 8.26. The quantitative estimate of drug-likeness (QED) is 0.655. The lowest BCUT2D eigenvalue weighted by atomic mass is 10.1. The van der Waals surface area contributed by atoms with Gasteiger partial charge in [-0.05, 0) is 51.1 Å². The van der Waals surface area contributed by atoms with Crippen molar-refractivity contribution in [2.45, 2.75) is 44.5 Å². The zero-order valence-electron chi connectivity index (χ0n) is 17.6. The van der Waals surface area contributed by atoms with Crippen molar-refractivity contribution in [1.82, 2.24) is 4.31 Å². The first-order valence-electron chi connectivity index (χ1n) is 9.80. The fourth-order valence-electron chi connectivity index (χ4n) is 3.48. The number of nitrogens with zero attached hydrogens (tertiary/aromatic N) is 1. The number of morpholine rings is 1. The van der Waals surface area contributed by atoms with Crippen molar-refractivity contribution >= 4 is 33.2 Å². The number of sulfonamides is 1. The number of nitrogens with one attached hydrogen (secondary N) is 1. The molecule has 32 heavy (non-hydrogen) atoms. The van der Waals surface area contributed by atoms with Gasteiger partial charge >= 0.3 is 6.61 Å². The Bertz CT molecular complexity index is 1100. The molecule has 0 spiro atoms. The third-order valence-corrected chi connectivity index (χ3v) is 7.26. The summed E-state index contributed by atoms with van der Waals surface area (Å²) in [7, 11) is -3.98. The summed E-state index contributed by atoms with van der Waals surface area (Å²) in [6.07, 6.45) is -0.575. The second-order valence-electron chi connectivity index (χ2n) is 7.49. The van der Waals surface area contributed by atoms with Crippen LogP contribution in [0.4, 0.5) is 14.5 Å². The average molecular weight is 489 g/mol. The number of rotatable bonds is 6. The van der Waals surface area contributed by atoms with Gasteiger partial charge in [0.1, 0.15) is 10.6 Å². The van der Waals surface area contributed by atoms with E-state index in [1.54, 1.807) is 13.8 Å². The first-order valence-corrected chi connectivity index (χ1v) is 11.6. The predicted octanol–water partition coefficient (Wildman–Crippen LogP) is 4.30. The van der Waals surface area contributed by atoms with Gasteiger partial charge < -0.3 is 14.8 Å². The second-order valence-corrected chi connectivity index (χ2v) is 9.80. The molecular weight excluding hydrogens is 466 g/mol. The lowest BCUT2D eigenvalue weighted by molar-refractivity contribution is -0.0502. The van der Waals surface area contributed by atoms with Crippen molar-refractivity contribution in [3.63, 3.8) is 0 Å². The number of halogens is 3. The van der Waals surface area contributed by atoms with Crippen LogP contribution in [0, 0.1) is 6.92 Å². The summed E-state index contributed by atoms with van der Waals surface area (Å²) < 4.78 is 62.8. The van der Waals surface area contributed by atoms with Crippen LogP contribution in [-0.2, 0) is 14.8 Å². The molecule has 7 nitrogen and oxygen atoms in total. The topological polar surface area (TPSA) is 84.9 Å². The molecule has 1 saturated heterocycles. The molecule has 2 aromatic carbocycles. The van der Waals surface area contributed by atoms with Crippen LogP contribution in [0.3, 0.4) is 0 Å².